The Morgan fingerprint density at radius 2 is 1.57 bits per heavy atom. The van der Waals surface area contributed by atoms with E-state index in [9.17, 15) is 4.79 Å². The number of ether oxygens (including phenoxy) is 1. The molecule has 4 heteroatoms. The molecular weight excluding hydrogens is 288 g/mol. The predicted octanol–water partition coefficient (Wildman–Crippen LogP) is 4.14. The zero-order chi connectivity index (χ0) is 15.9. The van der Waals surface area contributed by atoms with Crippen molar-refractivity contribution in [3.05, 3.63) is 48.5 Å². The Labute approximate surface area is 135 Å². The van der Waals surface area contributed by atoms with E-state index in [-0.39, 0.29) is 0 Å². The summed E-state index contributed by atoms with van der Waals surface area (Å²) in [5, 5.41) is 5.87. The predicted molar refractivity (Wildman–Crippen MR) is 93.6 cm³/mol. The number of carbonyl (C=O) groups excluding carboxylic acids is 1. The quantitative estimate of drug-likeness (QED) is 0.386. The van der Waals surface area contributed by atoms with Crippen molar-refractivity contribution < 1.29 is 9.53 Å². The van der Waals surface area contributed by atoms with Crippen LogP contribution in [0.2, 0.25) is 0 Å². The lowest BCUT2D eigenvalue weighted by Gasteiger charge is -2.13. The lowest BCUT2D eigenvalue weighted by molar-refractivity contribution is -0.128. The van der Waals surface area contributed by atoms with Gasteiger partial charge in [0.15, 0.2) is 0 Å². The molecule has 4 nitrogen and oxygen atoms in total. The Hall–Kier alpha value is -2.62. The summed E-state index contributed by atoms with van der Waals surface area (Å²) >= 11 is 0. The smallest absolute Gasteiger partial charge is 0.293 e. The molecule has 0 amide bonds. The summed E-state index contributed by atoms with van der Waals surface area (Å²) in [5.74, 6) is 0. The maximum atomic E-state index is 10.1. The number of pyridine rings is 1. The van der Waals surface area contributed by atoms with Gasteiger partial charge in [0.25, 0.3) is 6.47 Å². The number of benzene rings is 2. The van der Waals surface area contributed by atoms with Gasteiger partial charge in [-0.05, 0) is 31.4 Å². The third-order valence-electron chi connectivity index (χ3n) is 3.90. The minimum Gasteiger partial charge on any atom is -0.468 e. The lowest BCUT2D eigenvalue weighted by atomic mass is 10.1. The Morgan fingerprint density at radius 1 is 0.913 bits per heavy atom. The number of rotatable bonds is 8. The molecule has 3 aromatic rings. The molecule has 1 aromatic heterocycles. The molecule has 1 N–H and O–H groups in total. The van der Waals surface area contributed by atoms with Crippen molar-refractivity contribution in [2.24, 2.45) is 0 Å². The van der Waals surface area contributed by atoms with Crippen LogP contribution >= 0.6 is 0 Å². The van der Waals surface area contributed by atoms with E-state index < -0.39 is 0 Å². The summed E-state index contributed by atoms with van der Waals surface area (Å²) in [7, 11) is 0. The number of aromatic nitrogens is 1. The number of fused-ring (bicyclic) bond motifs is 2. The van der Waals surface area contributed by atoms with Crippen molar-refractivity contribution in [1.29, 1.82) is 0 Å². The first-order valence-corrected chi connectivity index (χ1v) is 7.97. The third-order valence-corrected chi connectivity index (χ3v) is 3.90. The van der Waals surface area contributed by atoms with Crippen LogP contribution in [0.5, 0.6) is 0 Å². The topological polar surface area (TPSA) is 51.2 Å². The van der Waals surface area contributed by atoms with Crippen LogP contribution < -0.4 is 5.32 Å². The van der Waals surface area contributed by atoms with Crippen molar-refractivity contribution >= 4 is 34.0 Å². The van der Waals surface area contributed by atoms with Gasteiger partial charge in [0.1, 0.15) is 0 Å². The van der Waals surface area contributed by atoms with Gasteiger partial charge in [0, 0.05) is 17.3 Å². The van der Waals surface area contributed by atoms with Crippen LogP contribution in [0.3, 0.4) is 0 Å². The van der Waals surface area contributed by atoms with E-state index in [4.69, 9.17) is 9.72 Å². The largest absolute Gasteiger partial charge is 0.468 e. The summed E-state index contributed by atoms with van der Waals surface area (Å²) in [6.45, 7) is 1.90. The maximum Gasteiger partial charge on any atom is 0.293 e. The Bertz CT molecular complexity index is 748. The zero-order valence-electron chi connectivity index (χ0n) is 13.0. The van der Waals surface area contributed by atoms with Crippen LogP contribution in [0.1, 0.15) is 19.3 Å². The monoisotopic (exact) mass is 308 g/mol. The van der Waals surface area contributed by atoms with Crippen LogP contribution in [0.15, 0.2) is 48.5 Å². The average molecular weight is 308 g/mol. The normalized spacial score (nSPS) is 10.8. The van der Waals surface area contributed by atoms with E-state index in [0.29, 0.717) is 13.1 Å². The molecule has 0 saturated carbocycles. The van der Waals surface area contributed by atoms with E-state index in [1.807, 2.05) is 36.4 Å². The first kappa shape index (κ1) is 15.3. The number of nitrogens with one attached hydrogen (secondary N) is 1. The van der Waals surface area contributed by atoms with Gasteiger partial charge in [-0.2, -0.15) is 0 Å². The van der Waals surface area contributed by atoms with Crippen LogP contribution in [0.4, 0.5) is 5.69 Å². The number of para-hydroxylation sites is 2. The second-order valence-electron chi connectivity index (χ2n) is 5.48. The maximum absolute atomic E-state index is 10.1. The SMILES string of the molecule is O=COCCCCCNc1c2ccccc2nc2ccccc12. The van der Waals surface area contributed by atoms with Crippen LogP contribution in [-0.4, -0.2) is 24.6 Å². The number of anilines is 1. The lowest BCUT2D eigenvalue weighted by Crippen LogP contribution is -2.04. The fourth-order valence-electron chi connectivity index (χ4n) is 2.78. The van der Waals surface area contributed by atoms with Crippen molar-refractivity contribution in [2.75, 3.05) is 18.5 Å². The van der Waals surface area contributed by atoms with Gasteiger partial charge >= 0.3 is 0 Å². The van der Waals surface area contributed by atoms with Gasteiger partial charge < -0.3 is 10.1 Å². The first-order chi connectivity index (χ1) is 11.4. The van der Waals surface area contributed by atoms with Crippen LogP contribution in [0, 0.1) is 0 Å². The highest BCUT2D eigenvalue weighted by molar-refractivity contribution is 6.07. The molecule has 0 radical (unpaired) electrons. The highest BCUT2D eigenvalue weighted by Gasteiger charge is 2.07. The molecule has 0 aliphatic carbocycles. The summed E-state index contributed by atoms with van der Waals surface area (Å²) in [6.07, 6.45) is 2.97. The Balaban J connectivity index is 1.76. The number of nitrogens with zero attached hydrogens (tertiary/aromatic N) is 1. The molecule has 3 rings (SSSR count). The van der Waals surface area contributed by atoms with Gasteiger partial charge in [-0.1, -0.05) is 36.4 Å². The van der Waals surface area contributed by atoms with Crippen molar-refractivity contribution in [3.8, 4) is 0 Å². The molecule has 23 heavy (non-hydrogen) atoms. The van der Waals surface area contributed by atoms with E-state index >= 15 is 0 Å². The number of hydrogen-bond acceptors (Lipinski definition) is 4. The number of carbonyl (C=O) groups is 1. The summed E-state index contributed by atoms with van der Waals surface area (Å²) in [4.78, 5) is 14.8. The molecule has 0 saturated heterocycles. The Kier molecular flexibility index (Phi) is 5.04. The molecular formula is C19H20N2O2. The van der Waals surface area contributed by atoms with E-state index in [1.54, 1.807) is 0 Å². The van der Waals surface area contributed by atoms with Crippen molar-refractivity contribution in [2.45, 2.75) is 19.3 Å². The molecule has 2 aromatic carbocycles. The third kappa shape index (κ3) is 3.59. The average Bonchev–Trinajstić information content (AvgIpc) is 2.60. The Morgan fingerprint density at radius 3 is 2.22 bits per heavy atom. The minimum absolute atomic E-state index is 0.505. The molecule has 0 aliphatic heterocycles. The molecule has 1 heterocycles. The minimum atomic E-state index is 0.505. The fourth-order valence-corrected chi connectivity index (χ4v) is 2.78. The van der Waals surface area contributed by atoms with Gasteiger partial charge in [-0.25, -0.2) is 4.98 Å². The number of hydrogen-bond donors (Lipinski definition) is 1. The summed E-state index contributed by atoms with van der Waals surface area (Å²) in [5.41, 5.74) is 3.16. The molecule has 118 valence electrons. The van der Waals surface area contributed by atoms with Gasteiger partial charge in [-0.3, -0.25) is 4.79 Å². The molecule has 0 atom stereocenters. The molecule has 0 spiro atoms. The second-order valence-corrected chi connectivity index (χ2v) is 5.48. The van der Waals surface area contributed by atoms with E-state index in [1.165, 1.54) is 0 Å². The van der Waals surface area contributed by atoms with Crippen molar-refractivity contribution in [1.82, 2.24) is 4.98 Å². The standard InChI is InChI=1S/C19H20N2O2/c22-14-23-13-7-1-6-12-20-19-15-8-2-4-10-17(15)21-18-11-5-3-9-16(18)19/h2-5,8-11,14H,1,6-7,12-13H2,(H,20,21). The van der Waals surface area contributed by atoms with Crippen molar-refractivity contribution in [3.63, 3.8) is 0 Å². The highest BCUT2D eigenvalue weighted by atomic mass is 16.5. The second kappa shape index (κ2) is 7.58. The van der Waals surface area contributed by atoms with Gasteiger partial charge in [0.2, 0.25) is 0 Å². The van der Waals surface area contributed by atoms with Gasteiger partial charge in [0.05, 0.1) is 23.3 Å². The van der Waals surface area contributed by atoms with Gasteiger partial charge in [-0.15, -0.1) is 0 Å². The fraction of sp³-hybridized carbons (Fsp3) is 0.263. The molecule has 0 bridgehead atoms. The highest BCUT2D eigenvalue weighted by Crippen LogP contribution is 2.30. The van der Waals surface area contributed by atoms with Crippen LogP contribution in [0.25, 0.3) is 21.8 Å². The van der Waals surface area contributed by atoms with E-state index in [2.05, 4.69) is 17.4 Å². The first-order valence-electron chi connectivity index (χ1n) is 7.97. The zero-order valence-corrected chi connectivity index (χ0v) is 13.0. The number of unbranched alkanes of at least 4 members (excludes halogenated alkanes) is 2. The summed E-state index contributed by atoms with van der Waals surface area (Å²) in [6, 6.07) is 16.4. The van der Waals surface area contributed by atoms with Crippen LogP contribution in [-0.2, 0) is 9.53 Å². The molecule has 0 fully saturated rings. The summed E-state index contributed by atoms with van der Waals surface area (Å²) < 4.78 is 4.70. The van der Waals surface area contributed by atoms with E-state index in [0.717, 1.165) is 53.3 Å². The molecule has 0 aliphatic rings. The molecule has 0 unspecified atom stereocenters.